The van der Waals surface area contributed by atoms with Crippen molar-refractivity contribution in [2.75, 3.05) is 0 Å². The van der Waals surface area contributed by atoms with Gasteiger partial charge >= 0.3 is 5.97 Å². The van der Waals surface area contributed by atoms with E-state index in [4.69, 9.17) is 15.6 Å². The van der Waals surface area contributed by atoms with Crippen LogP contribution in [0.2, 0.25) is 0 Å². The molecule has 2 rings (SSSR count). The lowest BCUT2D eigenvalue weighted by molar-refractivity contribution is -0.137. The molecule has 3 N–H and O–H groups in total. The number of carboxylic acids is 1. The monoisotopic (exact) mass is 263 g/mol. The van der Waals surface area contributed by atoms with Gasteiger partial charge in [-0.05, 0) is 49.8 Å². The summed E-state index contributed by atoms with van der Waals surface area (Å²) in [5, 5.41) is 8.67. The highest BCUT2D eigenvalue weighted by Gasteiger charge is 2.16. The molecule has 4 nitrogen and oxygen atoms in total. The Balaban J connectivity index is 1.85. The molecule has 1 atom stereocenters. The van der Waals surface area contributed by atoms with Gasteiger partial charge in [0.25, 0.3) is 0 Å². The Morgan fingerprint density at radius 1 is 1.32 bits per heavy atom. The van der Waals surface area contributed by atoms with E-state index in [2.05, 4.69) is 0 Å². The topological polar surface area (TPSA) is 72.6 Å². The van der Waals surface area contributed by atoms with Crippen molar-refractivity contribution in [3.8, 4) is 5.75 Å². The summed E-state index contributed by atoms with van der Waals surface area (Å²) in [7, 11) is 0. The van der Waals surface area contributed by atoms with Crippen molar-refractivity contribution >= 4 is 5.97 Å². The van der Waals surface area contributed by atoms with E-state index < -0.39 is 5.97 Å². The lowest BCUT2D eigenvalue weighted by Crippen LogP contribution is -2.26. The highest BCUT2D eigenvalue weighted by Crippen LogP contribution is 2.24. The SMILES string of the molecule is N[C@H](CC(=O)O)Cc1ccc(OC2CCCC2)cc1. The zero-order chi connectivity index (χ0) is 13.7. The summed E-state index contributed by atoms with van der Waals surface area (Å²) in [6.45, 7) is 0. The molecule has 0 unspecified atom stereocenters. The maximum Gasteiger partial charge on any atom is 0.304 e. The van der Waals surface area contributed by atoms with Gasteiger partial charge in [-0.15, -0.1) is 0 Å². The molecule has 19 heavy (non-hydrogen) atoms. The normalized spacial score (nSPS) is 17.3. The summed E-state index contributed by atoms with van der Waals surface area (Å²) in [6, 6.07) is 7.49. The van der Waals surface area contributed by atoms with Gasteiger partial charge < -0.3 is 15.6 Å². The Kier molecular flexibility index (Phi) is 4.80. The van der Waals surface area contributed by atoms with Crippen molar-refractivity contribution in [2.24, 2.45) is 5.73 Å². The first-order valence-electron chi connectivity index (χ1n) is 6.86. The van der Waals surface area contributed by atoms with E-state index >= 15 is 0 Å². The summed E-state index contributed by atoms with van der Waals surface area (Å²) in [5.74, 6) is 0.0381. The Morgan fingerprint density at radius 3 is 2.53 bits per heavy atom. The van der Waals surface area contributed by atoms with Gasteiger partial charge in [0.1, 0.15) is 5.75 Å². The van der Waals surface area contributed by atoms with Crippen molar-refractivity contribution < 1.29 is 14.6 Å². The minimum Gasteiger partial charge on any atom is -0.490 e. The molecule has 0 amide bonds. The fourth-order valence-corrected chi connectivity index (χ4v) is 2.50. The van der Waals surface area contributed by atoms with Gasteiger partial charge in [-0.25, -0.2) is 0 Å². The molecular formula is C15H21NO3. The third kappa shape index (κ3) is 4.56. The largest absolute Gasteiger partial charge is 0.490 e. The quantitative estimate of drug-likeness (QED) is 0.826. The summed E-state index contributed by atoms with van der Waals surface area (Å²) < 4.78 is 5.87. The Bertz CT molecular complexity index is 410. The molecule has 0 bridgehead atoms. The predicted octanol–water partition coefficient (Wildman–Crippen LogP) is 2.35. The van der Waals surface area contributed by atoms with Crippen molar-refractivity contribution in [1.82, 2.24) is 0 Å². The van der Waals surface area contributed by atoms with Crippen LogP contribution in [0.4, 0.5) is 0 Å². The fraction of sp³-hybridized carbons (Fsp3) is 0.533. The molecule has 4 heteroatoms. The number of aliphatic carboxylic acids is 1. The van der Waals surface area contributed by atoms with Gasteiger partial charge in [0.05, 0.1) is 12.5 Å². The second-order valence-electron chi connectivity index (χ2n) is 5.23. The van der Waals surface area contributed by atoms with Gasteiger partial charge in [-0.2, -0.15) is 0 Å². The molecule has 1 aliphatic rings. The van der Waals surface area contributed by atoms with Crippen LogP contribution >= 0.6 is 0 Å². The first kappa shape index (κ1) is 13.9. The van der Waals surface area contributed by atoms with Crippen LogP contribution in [0.25, 0.3) is 0 Å². The Morgan fingerprint density at radius 2 is 1.95 bits per heavy atom. The van der Waals surface area contributed by atoms with Crippen LogP contribution in [0.15, 0.2) is 24.3 Å². The Labute approximate surface area is 113 Å². The van der Waals surface area contributed by atoms with Crippen LogP contribution in [0.3, 0.4) is 0 Å². The molecule has 0 aliphatic heterocycles. The molecule has 0 spiro atoms. The van der Waals surface area contributed by atoms with Crippen molar-refractivity contribution in [2.45, 2.75) is 50.7 Å². The fourth-order valence-electron chi connectivity index (χ4n) is 2.50. The highest BCUT2D eigenvalue weighted by molar-refractivity contribution is 5.67. The number of ether oxygens (including phenoxy) is 1. The Hall–Kier alpha value is -1.55. The lowest BCUT2D eigenvalue weighted by atomic mass is 10.0. The zero-order valence-corrected chi connectivity index (χ0v) is 11.0. The predicted molar refractivity (Wildman–Crippen MR) is 73.3 cm³/mol. The number of nitrogens with two attached hydrogens (primary N) is 1. The van der Waals surface area contributed by atoms with Gasteiger partial charge in [-0.1, -0.05) is 12.1 Å². The average Bonchev–Trinajstić information content (AvgIpc) is 2.83. The highest BCUT2D eigenvalue weighted by atomic mass is 16.5. The van der Waals surface area contributed by atoms with Crippen LogP contribution < -0.4 is 10.5 Å². The van der Waals surface area contributed by atoms with E-state index in [0.29, 0.717) is 12.5 Å². The summed E-state index contributed by atoms with van der Waals surface area (Å²) in [6.07, 6.45) is 5.74. The second kappa shape index (κ2) is 6.57. The average molecular weight is 263 g/mol. The van der Waals surface area contributed by atoms with E-state index in [0.717, 1.165) is 24.2 Å². The third-order valence-corrected chi connectivity index (χ3v) is 3.46. The molecule has 1 aliphatic carbocycles. The summed E-state index contributed by atoms with van der Waals surface area (Å²) in [5.41, 5.74) is 6.81. The van der Waals surface area contributed by atoms with Crippen LogP contribution in [-0.2, 0) is 11.2 Å². The van der Waals surface area contributed by atoms with E-state index in [1.807, 2.05) is 24.3 Å². The van der Waals surface area contributed by atoms with Crippen molar-refractivity contribution in [3.05, 3.63) is 29.8 Å². The second-order valence-corrected chi connectivity index (χ2v) is 5.23. The maximum atomic E-state index is 10.5. The number of benzene rings is 1. The molecule has 0 radical (unpaired) electrons. The van der Waals surface area contributed by atoms with Gasteiger partial charge in [0.15, 0.2) is 0 Å². The van der Waals surface area contributed by atoms with E-state index in [-0.39, 0.29) is 12.5 Å². The number of rotatable bonds is 6. The van der Waals surface area contributed by atoms with Gasteiger partial charge in [0.2, 0.25) is 0 Å². The molecule has 1 aromatic rings. The van der Waals surface area contributed by atoms with Crippen LogP contribution in [0, 0.1) is 0 Å². The maximum absolute atomic E-state index is 10.5. The number of hydrogen-bond acceptors (Lipinski definition) is 3. The minimum atomic E-state index is -0.853. The first-order valence-corrected chi connectivity index (χ1v) is 6.86. The molecule has 1 fully saturated rings. The summed E-state index contributed by atoms with van der Waals surface area (Å²) >= 11 is 0. The number of carbonyl (C=O) groups is 1. The molecule has 1 aromatic carbocycles. The van der Waals surface area contributed by atoms with Crippen LogP contribution in [0.1, 0.15) is 37.7 Å². The van der Waals surface area contributed by atoms with Gasteiger partial charge in [-0.3, -0.25) is 4.79 Å². The van der Waals surface area contributed by atoms with Crippen LogP contribution in [-0.4, -0.2) is 23.2 Å². The molecule has 0 saturated heterocycles. The van der Waals surface area contributed by atoms with Crippen LogP contribution in [0.5, 0.6) is 5.75 Å². The zero-order valence-electron chi connectivity index (χ0n) is 11.0. The summed E-state index contributed by atoms with van der Waals surface area (Å²) in [4.78, 5) is 10.5. The van der Waals surface area contributed by atoms with E-state index in [1.165, 1.54) is 12.8 Å². The third-order valence-electron chi connectivity index (χ3n) is 3.46. The van der Waals surface area contributed by atoms with E-state index in [9.17, 15) is 4.79 Å². The molecular weight excluding hydrogens is 242 g/mol. The molecule has 104 valence electrons. The first-order chi connectivity index (χ1) is 9.13. The number of carboxylic acid groups (broad SMARTS) is 1. The standard InChI is InChI=1S/C15H21NO3/c16-12(10-15(17)18)9-11-5-7-14(8-6-11)19-13-3-1-2-4-13/h5-8,12-13H,1-4,9-10,16H2,(H,17,18)/t12-/m0/s1. The minimum absolute atomic E-state index is 0.000323. The lowest BCUT2D eigenvalue weighted by Gasteiger charge is -2.14. The smallest absolute Gasteiger partial charge is 0.304 e. The number of hydrogen-bond donors (Lipinski definition) is 2. The molecule has 1 saturated carbocycles. The van der Waals surface area contributed by atoms with Crippen molar-refractivity contribution in [1.29, 1.82) is 0 Å². The molecule has 0 heterocycles. The van der Waals surface area contributed by atoms with E-state index in [1.54, 1.807) is 0 Å². The molecule has 0 aromatic heterocycles. The van der Waals surface area contributed by atoms with Crippen molar-refractivity contribution in [3.63, 3.8) is 0 Å². The van der Waals surface area contributed by atoms with Gasteiger partial charge in [0, 0.05) is 6.04 Å².